The number of hydrogen-bond acceptors (Lipinski definition) is 4. The third-order valence-corrected chi connectivity index (χ3v) is 5.64. The van der Waals surface area contributed by atoms with E-state index in [1.165, 1.54) is 6.42 Å². The van der Waals surface area contributed by atoms with E-state index >= 15 is 0 Å². The summed E-state index contributed by atoms with van der Waals surface area (Å²) < 4.78 is 16.9. The molecule has 1 fully saturated rings. The minimum absolute atomic E-state index is 0.116. The molecular formula is C22H36ClN3O3. The van der Waals surface area contributed by atoms with Crippen molar-refractivity contribution in [2.24, 2.45) is 4.99 Å². The van der Waals surface area contributed by atoms with Crippen molar-refractivity contribution in [2.75, 3.05) is 53.7 Å². The molecule has 0 radical (unpaired) electrons. The lowest BCUT2D eigenvalue weighted by Crippen LogP contribution is -2.48. The topological polar surface area (TPSA) is 64.1 Å². The van der Waals surface area contributed by atoms with Gasteiger partial charge in [-0.05, 0) is 43.9 Å². The Morgan fingerprint density at radius 3 is 2.66 bits per heavy atom. The molecule has 0 atom stereocenters. The molecule has 6 nitrogen and oxygen atoms in total. The lowest BCUT2D eigenvalue weighted by atomic mass is 9.73. The SMILES string of the molecule is CCCCOCCCNC(=NC)NCC1(c2cc(Cl)ccc2OC)CCOCC1. The van der Waals surface area contributed by atoms with Crippen LogP contribution in [0.3, 0.4) is 0 Å². The Hall–Kier alpha value is -1.50. The van der Waals surface area contributed by atoms with Crippen LogP contribution < -0.4 is 15.4 Å². The van der Waals surface area contributed by atoms with E-state index in [0.717, 1.165) is 87.5 Å². The van der Waals surface area contributed by atoms with Gasteiger partial charge in [-0.2, -0.15) is 0 Å². The molecule has 0 aliphatic carbocycles. The highest BCUT2D eigenvalue weighted by Gasteiger charge is 2.37. The van der Waals surface area contributed by atoms with Gasteiger partial charge in [0, 0.05) is 62.6 Å². The van der Waals surface area contributed by atoms with Crippen LogP contribution in [-0.4, -0.2) is 59.6 Å². The molecule has 0 saturated carbocycles. The minimum Gasteiger partial charge on any atom is -0.496 e. The molecular weight excluding hydrogens is 390 g/mol. The van der Waals surface area contributed by atoms with E-state index in [1.807, 2.05) is 18.2 Å². The Morgan fingerprint density at radius 1 is 1.21 bits per heavy atom. The molecule has 1 aromatic carbocycles. The van der Waals surface area contributed by atoms with Gasteiger partial charge in [-0.1, -0.05) is 24.9 Å². The Bertz CT molecular complexity index is 634. The fourth-order valence-electron chi connectivity index (χ4n) is 3.60. The van der Waals surface area contributed by atoms with Gasteiger partial charge in [-0.25, -0.2) is 0 Å². The second-order valence-corrected chi connectivity index (χ2v) is 7.85. The normalized spacial score (nSPS) is 16.5. The first kappa shape index (κ1) is 23.8. The largest absolute Gasteiger partial charge is 0.496 e. The molecule has 1 heterocycles. The molecule has 164 valence electrons. The zero-order chi connectivity index (χ0) is 21.0. The Labute approximate surface area is 180 Å². The summed E-state index contributed by atoms with van der Waals surface area (Å²) in [6.45, 7) is 6.78. The van der Waals surface area contributed by atoms with E-state index in [1.54, 1.807) is 14.2 Å². The molecule has 2 rings (SSSR count). The number of nitrogens with one attached hydrogen (secondary N) is 2. The quantitative estimate of drug-likeness (QED) is 0.321. The van der Waals surface area contributed by atoms with Crippen molar-refractivity contribution in [2.45, 2.75) is 44.4 Å². The van der Waals surface area contributed by atoms with Gasteiger partial charge < -0.3 is 24.8 Å². The van der Waals surface area contributed by atoms with Gasteiger partial charge in [-0.3, -0.25) is 4.99 Å². The standard InChI is InChI=1S/C22H36ClN3O3/c1-4-5-12-28-13-6-11-25-21(24-2)26-17-22(9-14-29-15-10-22)19-16-18(23)7-8-20(19)27-3/h7-8,16H,4-6,9-15,17H2,1-3H3,(H2,24,25,26). The lowest BCUT2D eigenvalue weighted by molar-refractivity contribution is 0.0505. The maximum absolute atomic E-state index is 6.32. The Balaban J connectivity index is 1.95. The van der Waals surface area contributed by atoms with Crippen LogP contribution in [0.25, 0.3) is 0 Å². The predicted molar refractivity (Wildman–Crippen MR) is 119 cm³/mol. The second kappa shape index (κ2) is 12.9. The lowest BCUT2D eigenvalue weighted by Gasteiger charge is -2.39. The van der Waals surface area contributed by atoms with Gasteiger partial charge in [0.25, 0.3) is 0 Å². The zero-order valence-electron chi connectivity index (χ0n) is 18.1. The fourth-order valence-corrected chi connectivity index (χ4v) is 3.77. The van der Waals surface area contributed by atoms with Crippen molar-refractivity contribution in [1.82, 2.24) is 10.6 Å². The predicted octanol–water partition coefficient (Wildman–Crippen LogP) is 3.77. The number of benzene rings is 1. The maximum Gasteiger partial charge on any atom is 0.191 e. The van der Waals surface area contributed by atoms with Crippen molar-refractivity contribution < 1.29 is 14.2 Å². The van der Waals surface area contributed by atoms with Crippen molar-refractivity contribution in [3.8, 4) is 5.75 Å². The first-order valence-electron chi connectivity index (χ1n) is 10.6. The second-order valence-electron chi connectivity index (χ2n) is 7.41. The summed E-state index contributed by atoms with van der Waals surface area (Å²) >= 11 is 6.32. The molecule has 0 unspecified atom stereocenters. The monoisotopic (exact) mass is 425 g/mol. The third-order valence-electron chi connectivity index (χ3n) is 5.40. The van der Waals surface area contributed by atoms with Crippen LogP contribution in [0.4, 0.5) is 0 Å². The number of methoxy groups -OCH3 is 1. The molecule has 1 aliphatic heterocycles. The van der Waals surface area contributed by atoms with E-state index in [2.05, 4.69) is 22.5 Å². The number of halogens is 1. The minimum atomic E-state index is -0.116. The van der Waals surface area contributed by atoms with E-state index in [9.17, 15) is 0 Å². The number of rotatable bonds is 11. The fraction of sp³-hybridized carbons (Fsp3) is 0.682. The van der Waals surface area contributed by atoms with E-state index in [-0.39, 0.29) is 5.41 Å². The molecule has 2 N–H and O–H groups in total. The van der Waals surface area contributed by atoms with Crippen molar-refractivity contribution in [3.05, 3.63) is 28.8 Å². The summed E-state index contributed by atoms with van der Waals surface area (Å²) in [5.41, 5.74) is 1.01. The molecule has 29 heavy (non-hydrogen) atoms. The van der Waals surface area contributed by atoms with Gasteiger partial charge in [0.2, 0.25) is 0 Å². The third kappa shape index (κ3) is 7.36. The highest BCUT2D eigenvalue weighted by Crippen LogP contribution is 2.40. The van der Waals surface area contributed by atoms with Crippen LogP contribution >= 0.6 is 11.6 Å². The van der Waals surface area contributed by atoms with Gasteiger partial charge in [0.05, 0.1) is 7.11 Å². The van der Waals surface area contributed by atoms with Crippen LogP contribution in [-0.2, 0) is 14.9 Å². The number of hydrogen-bond donors (Lipinski definition) is 2. The smallest absolute Gasteiger partial charge is 0.191 e. The molecule has 1 aliphatic rings. The molecule has 1 saturated heterocycles. The van der Waals surface area contributed by atoms with Gasteiger partial charge in [-0.15, -0.1) is 0 Å². The molecule has 0 amide bonds. The molecule has 1 aromatic rings. The number of nitrogens with zero attached hydrogens (tertiary/aromatic N) is 1. The maximum atomic E-state index is 6.32. The number of unbranched alkanes of at least 4 members (excludes halogenated alkanes) is 1. The van der Waals surface area contributed by atoms with Crippen LogP contribution in [0, 0.1) is 0 Å². The Morgan fingerprint density at radius 2 is 1.97 bits per heavy atom. The van der Waals surface area contributed by atoms with E-state index in [0.29, 0.717) is 0 Å². The van der Waals surface area contributed by atoms with Crippen LogP contribution in [0.5, 0.6) is 5.75 Å². The number of aliphatic imine (C=N–C) groups is 1. The van der Waals surface area contributed by atoms with Gasteiger partial charge in [0.1, 0.15) is 5.75 Å². The van der Waals surface area contributed by atoms with Crippen LogP contribution in [0.2, 0.25) is 5.02 Å². The number of ether oxygens (including phenoxy) is 3. The van der Waals surface area contributed by atoms with Crippen molar-refractivity contribution in [1.29, 1.82) is 0 Å². The molecule has 0 spiro atoms. The summed E-state index contributed by atoms with van der Waals surface area (Å²) in [6, 6.07) is 5.84. The molecule has 7 heteroatoms. The average Bonchev–Trinajstić information content (AvgIpc) is 2.75. The molecule has 0 bridgehead atoms. The van der Waals surface area contributed by atoms with Crippen LogP contribution in [0.15, 0.2) is 23.2 Å². The summed E-state index contributed by atoms with van der Waals surface area (Å²) in [5.74, 6) is 1.66. The van der Waals surface area contributed by atoms with Gasteiger partial charge in [0.15, 0.2) is 5.96 Å². The highest BCUT2D eigenvalue weighted by atomic mass is 35.5. The summed E-state index contributed by atoms with van der Waals surface area (Å²) in [4.78, 5) is 4.37. The highest BCUT2D eigenvalue weighted by molar-refractivity contribution is 6.30. The van der Waals surface area contributed by atoms with Crippen molar-refractivity contribution in [3.63, 3.8) is 0 Å². The van der Waals surface area contributed by atoms with Crippen LogP contribution in [0.1, 0.15) is 44.6 Å². The summed E-state index contributed by atoms with van der Waals surface area (Å²) in [5, 5.41) is 7.60. The summed E-state index contributed by atoms with van der Waals surface area (Å²) in [6.07, 6.45) is 5.04. The van der Waals surface area contributed by atoms with Gasteiger partial charge >= 0.3 is 0 Å². The Kier molecular flexibility index (Phi) is 10.6. The molecule has 0 aromatic heterocycles. The zero-order valence-corrected chi connectivity index (χ0v) is 18.8. The average molecular weight is 426 g/mol. The van der Waals surface area contributed by atoms with E-state index < -0.39 is 0 Å². The first-order valence-corrected chi connectivity index (χ1v) is 11.0. The van der Waals surface area contributed by atoms with E-state index in [4.69, 9.17) is 25.8 Å². The summed E-state index contributed by atoms with van der Waals surface area (Å²) in [7, 11) is 3.50. The first-order chi connectivity index (χ1) is 14.1. The van der Waals surface area contributed by atoms with Crippen molar-refractivity contribution >= 4 is 17.6 Å². The number of guanidine groups is 1.